The maximum atomic E-state index is 15.0. The molecule has 0 N–H and O–H groups in total. The molecule has 0 aliphatic carbocycles. The highest BCUT2D eigenvalue weighted by Crippen LogP contribution is 2.43. The molecule has 7 heteroatoms. The molecule has 12 rings (SSSR count). The fraction of sp³-hybridized carbons (Fsp3) is 0.0769. The van der Waals surface area contributed by atoms with Crippen LogP contribution in [-0.4, -0.2) is 14.1 Å². The van der Waals surface area contributed by atoms with Crippen LogP contribution in [0, 0.1) is 39.0 Å². The van der Waals surface area contributed by atoms with Crippen molar-refractivity contribution in [3.05, 3.63) is 234 Å². The molecule has 72 heavy (non-hydrogen) atoms. The Kier molecular flexibility index (Phi) is 10.5. The van der Waals surface area contributed by atoms with Gasteiger partial charge in [0.1, 0.15) is 5.82 Å². The van der Waals surface area contributed by atoms with E-state index in [1.54, 1.807) is 12.3 Å². The fourth-order valence-electron chi connectivity index (χ4n) is 10.2. The van der Waals surface area contributed by atoms with Crippen molar-refractivity contribution >= 4 is 43.6 Å². The quantitative estimate of drug-likeness (QED) is 0.160. The van der Waals surface area contributed by atoms with E-state index in [1.807, 2.05) is 12.1 Å². The Morgan fingerprint density at radius 3 is 1.08 bits per heavy atom. The van der Waals surface area contributed by atoms with E-state index >= 15 is 0 Å². The summed E-state index contributed by atoms with van der Waals surface area (Å²) in [6.07, 6.45) is -2.93. The maximum absolute atomic E-state index is 15.0. The molecule has 0 saturated carbocycles. The van der Waals surface area contributed by atoms with Gasteiger partial charge in [0, 0.05) is 27.1 Å². The number of benzene rings is 9. The van der Waals surface area contributed by atoms with E-state index in [4.69, 9.17) is 4.98 Å². The Morgan fingerprint density at radius 2 is 0.736 bits per heavy atom. The highest BCUT2D eigenvalue weighted by Gasteiger charge is 2.32. The first-order valence-electron chi connectivity index (χ1n) is 23.9. The average Bonchev–Trinajstić information content (AvgIpc) is 3.90. The molecule has 3 heterocycles. The van der Waals surface area contributed by atoms with E-state index in [0.717, 1.165) is 123 Å². The van der Waals surface area contributed by atoms with Gasteiger partial charge < -0.3 is 4.57 Å². The van der Waals surface area contributed by atoms with Gasteiger partial charge >= 0.3 is 6.18 Å². The van der Waals surface area contributed by atoms with Crippen molar-refractivity contribution in [2.24, 2.45) is 0 Å². The number of hydrogen-bond donors (Lipinski definition) is 0. The van der Waals surface area contributed by atoms with Crippen molar-refractivity contribution in [2.45, 2.75) is 33.9 Å². The molecular formula is C65H45F3N4. The Bertz CT molecular complexity index is 3950. The summed E-state index contributed by atoms with van der Waals surface area (Å²) in [7, 11) is 0. The third-order valence-electron chi connectivity index (χ3n) is 14.1. The number of aromatic nitrogens is 3. The predicted molar refractivity (Wildman–Crippen MR) is 289 cm³/mol. The van der Waals surface area contributed by atoms with Crippen molar-refractivity contribution in [1.82, 2.24) is 14.1 Å². The number of fused-ring (bicyclic) bond motifs is 6. The molecule has 0 radical (unpaired) electrons. The van der Waals surface area contributed by atoms with Crippen LogP contribution in [0.15, 0.2) is 200 Å². The second kappa shape index (κ2) is 17.2. The molecule has 9 aromatic carbocycles. The Balaban J connectivity index is 1.19. The van der Waals surface area contributed by atoms with Crippen molar-refractivity contribution in [2.75, 3.05) is 0 Å². The smallest absolute Gasteiger partial charge is 0.307 e. The minimum atomic E-state index is -4.72. The van der Waals surface area contributed by atoms with Gasteiger partial charge in [-0.15, -0.1) is 0 Å². The van der Waals surface area contributed by atoms with Crippen molar-refractivity contribution in [1.29, 1.82) is 5.26 Å². The molecule has 12 aromatic rings. The molecule has 346 valence electrons. The molecule has 0 fully saturated rings. The molecular weight excluding hydrogens is 894 g/mol. The first-order valence-corrected chi connectivity index (χ1v) is 23.9. The summed E-state index contributed by atoms with van der Waals surface area (Å²) in [6.45, 7) is 8.26. The number of aryl methyl sites for hydroxylation is 4. The monoisotopic (exact) mass is 938 g/mol. The number of hydrogen-bond acceptors (Lipinski definition) is 2. The number of nitriles is 1. The zero-order chi connectivity index (χ0) is 49.4. The van der Waals surface area contributed by atoms with Crippen molar-refractivity contribution < 1.29 is 13.2 Å². The van der Waals surface area contributed by atoms with Gasteiger partial charge in [-0.3, -0.25) is 4.57 Å². The molecule has 0 aliphatic rings. The third-order valence-corrected chi connectivity index (χ3v) is 14.1. The highest BCUT2D eigenvalue weighted by molar-refractivity contribution is 6.13. The molecule has 0 unspecified atom stereocenters. The van der Waals surface area contributed by atoms with Crippen LogP contribution in [-0.2, 0) is 6.18 Å². The summed E-state index contributed by atoms with van der Waals surface area (Å²) in [4.78, 5) is 5.35. The van der Waals surface area contributed by atoms with Gasteiger partial charge in [0.05, 0.1) is 51.1 Å². The number of rotatable bonds is 7. The van der Waals surface area contributed by atoms with Crippen LogP contribution in [0.3, 0.4) is 0 Å². The van der Waals surface area contributed by atoms with Crippen LogP contribution in [0.2, 0.25) is 0 Å². The zero-order valence-electron chi connectivity index (χ0n) is 40.0. The minimum Gasteiger partial charge on any atom is -0.307 e. The van der Waals surface area contributed by atoms with Gasteiger partial charge in [0.2, 0.25) is 0 Å². The van der Waals surface area contributed by atoms with E-state index in [0.29, 0.717) is 17.1 Å². The fourth-order valence-corrected chi connectivity index (χ4v) is 10.2. The highest BCUT2D eigenvalue weighted by atomic mass is 19.4. The minimum absolute atomic E-state index is 0.1000. The largest absolute Gasteiger partial charge is 0.416 e. The van der Waals surface area contributed by atoms with E-state index in [1.165, 1.54) is 0 Å². The normalized spacial score (nSPS) is 11.8. The van der Waals surface area contributed by atoms with Crippen LogP contribution in [0.4, 0.5) is 13.2 Å². The molecule has 0 bridgehead atoms. The number of pyridine rings is 1. The number of alkyl halides is 3. The summed E-state index contributed by atoms with van der Waals surface area (Å²) >= 11 is 0. The first kappa shape index (κ1) is 44.2. The molecule has 0 saturated heterocycles. The zero-order valence-corrected chi connectivity index (χ0v) is 40.0. The van der Waals surface area contributed by atoms with Gasteiger partial charge in [-0.2, -0.15) is 18.4 Å². The molecule has 0 aliphatic heterocycles. The summed E-state index contributed by atoms with van der Waals surface area (Å²) < 4.78 is 49.2. The van der Waals surface area contributed by atoms with Crippen LogP contribution in [0.5, 0.6) is 0 Å². The SMILES string of the molecule is Cc1ccc(-c2ccc3c4ccc(-c5ccc(C)cc5)cc4n(-c4cc(-c5cc(C#N)cc(C(F)(F)F)c5)c(-n5c6cc(-c7ccc(C)cc7)ccc6c6ccc(-c7ccc(C)cc7)cc65)cn4)c3c2)cc1. The van der Waals surface area contributed by atoms with Crippen LogP contribution in [0.1, 0.15) is 33.4 Å². The summed E-state index contributed by atoms with van der Waals surface area (Å²) in [5.41, 5.74) is 16.5. The van der Waals surface area contributed by atoms with Gasteiger partial charge in [-0.25, -0.2) is 4.98 Å². The van der Waals surface area contributed by atoms with Gasteiger partial charge in [-0.1, -0.05) is 168 Å². The standard InChI is InChI=1S/C65H45F3N4/c1-39-5-13-44(14-6-39)48-21-25-54-55-26-22-49(45-15-7-40(2)8-16-45)33-60(55)71(59(54)32-48)63-38-70-64(36-58(63)52-29-43(37-69)30-53(31-52)65(66,67)68)72-61-34-50(46-17-9-41(3)10-18-46)23-27-56(61)57-28-24-51(35-62(57)72)47-19-11-42(4)12-20-47/h5-36,38H,1-4H3. The molecule has 0 spiro atoms. The summed E-state index contributed by atoms with van der Waals surface area (Å²) in [5.74, 6) is 0.508. The van der Waals surface area contributed by atoms with E-state index in [9.17, 15) is 18.4 Å². The second-order valence-electron chi connectivity index (χ2n) is 19.0. The Hall–Kier alpha value is -8.99. The lowest BCUT2D eigenvalue weighted by Crippen LogP contribution is -2.07. The summed E-state index contributed by atoms with van der Waals surface area (Å²) in [6, 6.07) is 66.9. The van der Waals surface area contributed by atoms with E-state index < -0.39 is 11.7 Å². The lowest BCUT2D eigenvalue weighted by Gasteiger charge is -2.18. The maximum Gasteiger partial charge on any atom is 0.416 e. The van der Waals surface area contributed by atoms with Crippen molar-refractivity contribution in [3.63, 3.8) is 0 Å². The molecule has 4 nitrogen and oxygen atoms in total. The summed E-state index contributed by atoms with van der Waals surface area (Å²) in [5, 5.41) is 14.3. The van der Waals surface area contributed by atoms with Crippen LogP contribution >= 0.6 is 0 Å². The van der Waals surface area contributed by atoms with Crippen LogP contribution in [0.25, 0.3) is 111 Å². The van der Waals surface area contributed by atoms with E-state index in [2.05, 4.69) is 207 Å². The van der Waals surface area contributed by atoms with Crippen molar-refractivity contribution in [3.8, 4) is 73.2 Å². The lowest BCUT2D eigenvalue weighted by atomic mass is 9.98. The van der Waals surface area contributed by atoms with E-state index in [-0.39, 0.29) is 11.1 Å². The molecule has 3 aromatic heterocycles. The average molecular weight is 939 g/mol. The lowest BCUT2D eigenvalue weighted by molar-refractivity contribution is -0.137. The third kappa shape index (κ3) is 7.78. The number of nitrogens with zero attached hydrogens (tertiary/aromatic N) is 4. The first-order chi connectivity index (χ1) is 34.9. The topological polar surface area (TPSA) is 46.5 Å². The van der Waals surface area contributed by atoms with Gasteiger partial charge in [-0.05, 0) is 126 Å². The predicted octanol–water partition coefficient (Wildman–Crippen LogP) is 17.7. The van der Waals surface area contributed by atoms with Gasteiger partial charge in [0.15, 0.2) is 0 Å². The van der Waals surface area contributed by atoms with Crippen LogP contribution < -0.4 is 0 Å². The Morgan fingerprint density at radius 1 is 0.389 bits per heavy atom. The molecule has 0 amide bonds. The Labute approximate surface area is 415 Å². The molecule has 0 atom stereocenters. The van der Waals surface area contributed by atoms with Gasteiger partial charge in [0.25, 0.3) is 0 Å². The number of halogens is 3. The second-order valence-corrected chi connectivity index (χ2v) is 19.0.